The van der Waals surface area contributed by atoms with E-state index in [-0.39, 0.29) is 29.5 Å². The molecule has 110 valence electrons. The number of sulfonamides is 1. The van der Waals surface area contributed by atoms with Crippen molar-refractivity contribution in [1.29, 1.82) is 0 Å². The van der Waals surface area contributed by atoms with E-state index in [4.69, 9.17) is 0 Å². The zero-order valence-electron chi connectivity index (χ0n) is 11.2. The molecule has 2 N–H and O–H groups in total. The van der Waals surface area contributed by atoms with Crippen molar-refractivity contribution < 1.29 is 22.7 Å². The molecule has 0 fully saturated rings. The number of ether oxygens (including phenoxy) is 1. The summed E-state index contributed by atoms with van der Waals surface area (Å²) < 4.78 is 31.0. The maximum absolute atomic E-state index is 12.1. The van der Waals surface area contributed by atoms with Gasteiger partial charge in [-0.1, -0.05) is 12.1 Å². The van der Waals surface area contributed by atoms with E-state index in [1.54, 1.807) is 6.07 Å². The lowest BCUT2D eigenvalue weighted by atomic mass is 10.2. The predicted octanol–water partition coefficient (Wildman–Crippen LogP) is -0.112. The summed E-state index contributed by atoms with van der Waals surface area (Å²) in [5.74, 6) is -0.980. The van der Waals surface area contributed by atoms with E-state index >= 15 is 0 Å². The minimum atomic E-state index is -3.85. The van der Waals surface area contributed by atoms with Crippen LogP contribution in [-0.2, 0) is 19.6 Å². The third kappa shape index (κ3) is 4.32. The van der Waals surface area contributed by atoms with Crippen molar-refractivity contribution in [1.82, 2.24) is 10.0 Å². The van der Waals surface area contributed by atoms with Crippen molar-refractivity contribution >= 4 is 21.9 Å². The number of hydrogen-bond donors (Lipinski definition) is 2. The van der Waals surface area contributed by atoms with Gasteiger partial charge in [-0.25, -0.2) is 17.9 Å². The number of amides is 1. The Balaban J connectivity index is 2.87. The van der Waals surface area contributed by atoms with E-state index in [1.165, 1.54) is 32.2 Å². The lowest BCUT2D eigenvalue weighted by Gasteiger charge is -2.10. The molecule has 1 aromatic rings. The van der Waals surface area contributed by atoms with Gasteiger partial charge in [-0.05, 0) is 12.1 Å². The van der Waals surface area contributed by atoms with Crippen molar-refractivity contribution in [3.05, 3.63) is 29.8 Å². The standard InChI is InChI=1S/C12H16N2O5S/c1-9(15)13-7-8-14-20(17,18)11-6-4-3-5-10(11)12(16)19-2/h3-6,14H,7-8H2,1-2H3,(H,13,15). The molecule has 8 heteroatoms. The molecular formula is C12H16N2O5S. The molecule has 0 radical (unpaired) electrons. The summed E-state index contributed by atoms with van der Waals surface area (Å²) in [6.45, 7) is 1.52. The van der Waals surface area contributed by atoms with Crippen LogP contribution in [0.3, 0.4) is 0 Å². The number of hydrogen-bond acceptors (Lipinski definition) is 5. The van der Waals surface area contributed by atoms with E-state index in [2.05, 4.69) is 14.8 Å². The van der Waals surface area contributed by atoms with Crippen LogP contribution in [0.15, 0.2) is 29.2 Å². The van der Waals surface area contributed by atoms with Crippen LogP contribution in [0.5, 0.6) is 0 Å². The molecule has 0 aliphatic heterocycles. The highest BCUT2D eigenvalue weighted by atomic mass is 32.2. The topological polar surface area (TPSA) is 102 Å². The normalized spacial score (nSPS) is 10.9. The van der Waals surface area contributed by atoms with Crippen LogP contribution < -0.4 is 10.0 Å². The molecule has 0 aromatic heterocycles. The van der Waals surface area contributed by atoms with Gasteiger partial charge >= 0.3 is 5.97 Å². The molecule has 0 saturated carbocycles. The number of esters is 1. The Morgan fingerprint density at radius 2 is 1.85 bits per heavy atom. The predicted molar refractivity (Wildman–Crippen MR) is 71.7 cm³/mol. The molecule has 0 heterocycles. The molecule has 0 saturated heterocycles. The summed E-state index contributed by atoms with van der Waals surface area (Å²) in [6, 6.07) is 5.73. The van der Waals surface area contributed by atoms with Crippen LogP contribution in [0.25, 0.3) is 0 Å². The zero-order valence-corrected chi connectivity index (χ0v) is 12.0. The molecule has 0 aliphatic carbocycles. The lowest BCUT2D eigenvalue weighted by molar-refractivity contribution is -0.118. The molecule has 20 heavy (non-hydrogen) atoms. The molecular weight excluding hydrogens is 284 g/mol. The molecule has 0 atom stereocenters. The number of carbonyl (C=O) groups is 2. The second-order valence-electron chi connectivity index (χ2n) is 3.87. The van der Waals surface area contributed by atoms with Gasteiger partial charge in [0, 0.05) is 20.0 Å². The van der Waals surface area contributed by atoms with E-state index in [0.717, 1.165) is 0 Å². The van der Waals surface area contributed by atoms with E-state index in [1.807, 2.05) is 0 Å². The largest absolute Gasteiger partial charge is 0.465 e. The summed E-state index contributed by atoms with van der Waals surface area (Å²) in [5, 5.41) is 2.46. The van der Waals surface area contributed by atoms with Gasteiger partial charge in [0.1, 0.15) is 0 Å². The molecule has 1 aromatic carbocycles. The maximum Gasteiger partial charge on any atom is 0.339 e. The van der Waals surface area contributed by atoms with Gasteiger partial charge < -0.3 is 10.1 Å². The Morgan fingerprint density at radius 1 is 1.20 bits per heavy atom. The zero-order chi connectivity index (χ0) is 15.2. The fourth-order valence-electron chi connectivity index (χ4n) is 1.48. The smallest absolute Gasteiger partial charge is 0.339 e. The second-order valence-corrected chi connectivity index (χ2v) is 5.60. The summed E-state index contributed by atoms with van der Waals surface area (Å²) in [4.78, 5) is 22.0. The molecule has 0 spiro atoms. The summed E-state index contributed by atoms with van der Waals surface area (Å²) in [7, 11) is -2.67. The molecule has 1 rings (SSSR count). The van der Waals surface area contributed by atoms with Crippen molar-refractivity contribution in [3.8, 4) is 0 Å². The van der Waals surface area contributed by atoms with Gasteiger partial charge in [0.25, 0.3) is 0 Å². The van der Waals surface area contributed by atoms with Crippen LogP contribution in [0.2, 0.25) is 0 Å². The highest BCUT2D eigenvalue weighted by Crippen LogP contribution is 2.15. The average molecular weight is 300 g/mol. The van der Waals surface area contributed by atoms with Crippen LogP contribution in [0.4, 0.5) is 0 Å². The Hall–Kier alpha value is -1.93. The minimum Gasteiger partial charge on any atom is -0.465 e. The number of rotatable bonds is 6. The maximum atomic E-state index is 12.1. The highest BCUT2D eigenvalue weighted by molar-refractivity contribution is 7.89. The minimum absolute atomic E-state index is 0.0252. The van der Waals surface area contributed by atoms with E-state index in [0.29, 0.717) is 0 Å². The van der Waals surface area contributed by atoms with E-state index < -0.39 is 16.0 Å². The summed E-state index contributed by atoms with van der Waals surface area (Å²) >= 11 is 0. The van der Waals surface area contributed by atoms with Crippen LogP contribution in [0, 0.1) is 0 Å². The van der Waals surface area contributed by atoms with Crippen LogP contribution >= 0.6 is 0 Å². The quantitative estimate of drug-likeness (QED) is 0.564. The lowest BCUT2D eigenvalue weighted by Crippen LogP contribution is -2.34. The third-order valence-electron chi connectivity index (χ3n) is 2.37. The number of benzene rings is 1. The number of carbonyl (C=O) groups excluding carboxylic acids is 2. The fraction of sp³-hybridized carbons (Fsp3) is 0.333. The monoisotopic (exact) mass is 300 g/mol. The van der Waals surface area contributed by atoms with Gasteiger partial charge in [-0.15, -0.1) is 0 Å². The SMILES string of the molecule is COC(=O)c1ccccc1S(=O)(=O)NCCNC(C)=O. The van der Waals surface area contributed by atoms with Crippen molar-refractivity contribution in [3.63, 3.8) is 0 Å². The van der Waals surface area contributed by atoms with Crippen molar-refractivity contribution in [2.24, 2.45) is 0 Å². The number of methoxy groups -OCH3 is 1. The molecule has 7 nitrogen and oxygen atoms in total. The Bertz CT molecular complexity index is 598. The van der Waals surface area contributed by atoms with Crippen LogP contribution in [-0.4, -0.2) is 40.5 Å². The van der Waals surface area contributed by atoms with Crippen molar-refractivity contribution in [2.45, 2.75) is 11.8 Å². The average Bonchev–Trinajstić information content (AvgIpc) is 2.42. The Kier molecular flexibility index (Phi) is 5.66. The van der Waals surface area contributed by atoms with E-state index in [9.17, 15) is 18.0 Å². The first-order chi connectivity index (χ1) is 9.38. The van der Waals surface area contributed by atoms with Gasteiger partial charge in [0.05, 0.1) is 17.6 Å². The van der Waals surface area contributed by atoms with Gasteiger partial charge in [0.2, 0.25) is 15.9 Å². The molecule has 1 amide bonds. The van der Waals surface area contributed by atoms with Gasteiger partial charge in [-0.3, -0.25) is 4.79 Å². The fourth-order valence-corrected chi connectivity index (χ4v) is 2.71. The first kappa shape index (κ1) is 16.1. The van der Waals surface area contributed by atoms with Crippen LogP contribution in [0.1, 0.15) is 17.3 Å². The van der Waals surface area contributed by atoms with Gasteiger partial charge in [0.15, 0.2) is 0 Å². The van der Waals surface area contributed by atoms with Crippen molar-refractivity contribution in [2.75, 3.05) is 20.2 Å². The second kappa shape index (κ2) is 7.01. The first-order valence-corrected chi connectivity index (χ1v) is 7.28. The third-order valence-corrected chi connectivity index (χ3v) is 3.89. The molecule has 0 bridgehead atoms. The number of nitrogens with one attached hydrogen (secondary N) is 2. The highest BCUT2D eigenvalue weighted by Gasteiger charge is 2.21. The van der Waals surface area contributed by atoms with Gasteiger partial charge in [-0.2, -0.15) is 0 Å². The molecule has 0 unspecified atom stereocenters. The Morgan fingerprint density at radius 3 is 2.45 bits per heavy atom. The Labute approximate surface area is 117 Å². The summed E-state index contributed by atoms with van der Waals surface area (Å²) in [6.07, 6.45) is 0. The molecule has 0 aliphatic rings. The first-order valence-electron chi connectivity index (χ1n) is 5.80. The summed E-state index contributed by atoms with van der Waals surface area (Å²) in [5.41, 5.74) is -0.0398.